The molecule has 98 valence electrons. The third-order valence-electron chi connectivity index (χ3n) is 2.03. The minimum Gasteiger partial charge on any atom is -0.326 e. The first-order valence-corrected chi connectivity index (χ1v) is 5.06. The van der Waals surface area contributed by atoms with Gasteiger partial charge < -0.3 is 5.32 Å². The molecule has 0 spiro atoms. The molecule has 0 saturated heterocycles. The van der Waals surface area contributed by atoms with Gasteiger partial charge in [0.25, 0.3) is 0 Å². The molecule has 1 aromatic carbocycles. The first kappa shape index (κ1) is 14.1. The monoisotopic (exact) mass is 260 g/mol. The number of halogens is 3. The summed E-state index contributed by atoms with van der Waals surface area (Å²) in [5, 5.41) is 4.82. The molecule has 7 heteroatoms. The SMILES string of the molecule is Cc1cc(CN=O)cc(NC(=O)CC(F)(F)F)c1. The molecule has 4 nitrogen and oxygen atoms in total. The fraction of sp³-hybridized carbons (Fsp3) is 0.364. The predicted octanol–water partition coefficient (Wildman–Crippen LogP) is 3.15. The van der Waals surface area contributed by atoms with Gasteiger partial charge in [-0.05, 0) is 30.2 Å². The number of nitrogens with one attached hydrogen (secondary N) is 1. The molecule has 0 aliphatic rings. The van der Waals surface area contributed by atoms with Gasteiger partial charge in [-0.1, -0.05) is 11.2 Å². The van der Waals surface area contributed by atoms with E-state index in [4.69, 9.17) is 0 Å². The molecule has 1 amide bonds. The average Bonchev–Trinajstić information content (AvgIpc) is 2.12. The van der Waals surface area contributed by atoms with Crippen LogP contribution in [-0.4, -0.2) is 12.1 Å². The summed E-state index contributed by atoms with van der Waals surface area (Å²) in [4.78, 5) is 21.2. The highest BCUT2D eigenvalue weighted by molar-refractivity contribution is 5.91. The van der Waals surface area contributed by atoms with E-state index in [1.54, 1.807) is 13.0 Å². The summed E-state index contributed by atoms with van der Waals surface area (Å²) < 4.78 is 35.9. The van der Waals surface area contributed by atoms with Crippen LogP contribution >= 0.6 is 0 Å². The van der Waals surface area contributed by atoms with E-state index in [-0.39, 0.29) is 12.2 Å². The van der Waals surface area contributed by atoms with Crippen LogP contribution in [0.2, 0.25) is 0 Å². The zero-order valence-corrected chi connectivity index (χ0v) is 9.54. The second-order valence-corrected chi connectivity index (χ2v) is 3.83. The molecule has 0 unspecified atom stereocenters. The number of anilines is 1. The molecular formula is C11H11F3N2O2. The van der Waals surface area contributed by atoms with Crippen LogP contribution in [0.15, 0.2) is 23.4 Å². The Balaban J connectivity index is 2.78. The van der Waals surface area contributed by atoms with Gasteiger partial charge in [0.2, 0.25) is 5.91 Å². The predicted molar refractivity (Wildman–Crippen MR) is 60.0 cm³/mol. The minimum absolute atomic E-state index is 0.0934. The summed E-state index contributed by atoms with van der Waals surface area (Å²) in [5.41, 5.74) is 1.48. The van der Waals surface area contributed by atoms with Gasteiger partial charge in [0.1, 0.15) is 13.0 Å². The minimum atomic E-state index is -4.54. The lowest BCUT2D eigenvalue weighted by molar-refractivity contribution is -0.150. The van der Waals surface area contributed by atoms with E-state index in [1.807, 2.05) is 0 Å². The van der Waals surface area contributed by atoms with Crippen molar-refractivity contribution in [2.75, 3.05) is 5.32 Å². The van der Waals surface area contributed by atoms with Crippen LogP contribution in [0.1, 0.15) is 17.5 Å². The van der Waals surface area contributed by atoms with Crippen molar-refractivity contribution in [2.45, 2.75) is 26.1 Å². The highest BCUT2D eigenvalue weighted by atomic mass is 19.4. The smallest absolute Gasteiger partial charge is 0.326 e. The molecule has 1 N–H and O–H groups in total. The molecule has 0 saturated carbocycles. The molecule has 0 aromatic heterocycles. The van der Waals surface area contributed by atoms with Gasteiger partial charge in [-0.25, -0.2) is 0 Å². The summed E-state index contributed by atoms with van der Waals surface area (Å²) in [5.74, 6) is -1.14. The first-order chi connectivity index (χ1) is 8.30. The fourth-order valence-corrected chi connectivity index (χ4v) is 1.49. The van der Waals surface area contributed by atoms with E-state index in [0.29, 0.717) is 5.56 Å². The van der Waals surface area contributed by atoms with E-state index in [2.05, 4.69) is 10.5 Å². The summed E-state index contributed by atoms with van der Waals surface area (Å²) in [6, 6.07) is 4.60. The molecule has 1 rings (SSSR count). The highest BCUT2D eigenvalue weighted by Gasteiger charge is 2.31. The zero-order chi connectivity index (χ0) is 13.8. The van der Waals surface area contributed by atoms with Crippen molar-refractivity contribution in [2.24, 2.45) is 5.18 Å². The molecule has 0 aliphatic carbocycles. The van der Waals surface area contributed by atoms with Crippen molar-refractivity contribution in [3.8, 4) is 0 Å². The number of benzene rings is 1. The quantitative estimate of drug-likeness (QED) is 0.845. The summed E-state index contributed by atoms with van der Waals surface area (Å²) in [6.45, 7) is 1.61. The lowest BCUT2D eigenvalue weighted by Gasteiger charge is -2.09. The lowest BCUT2D eigenvalue weighted by atomic mass is 10.1. The molecule has 0 aliphatic heterocycles. The zero-order valence-electron chi connectivity index (χ0n) is 9.54. The number of rotatable bonds is 4. The normalized spacial score (nSPS) is 11.1. The van der Waals surface area contributed by atoms with Crippen molar-refractivity contribution >= 4 is 11.6 Å². The van der Waals surface area contributed by atoms with Crippen LogP contribution in [0.5, 0.6) is 0 Å². The second kappa shape index (κ2) is 5.61. The van der Waals surface area contributed by atoms with E-state index >= 15 is 0 Å². The van der Waals surface area contributed by atoms with Crippen molar-refractivity contribution in [3.63, 3.8) is 0 Å². The van der Waals surface area contributed by atoms with Crippen LogP contribution in [0, 0.1) is 11.8 Å². The van der Waals surface area contributed by atoms with E-state index in [9.17, 15) is 22.9 Å². The number of alkyl halides is 3. The Bertz CT molecular complexity index is 458. The Morgan fingerprint density at radius 2 is 2.00 bits per heavy atom. The fourth-order valence-electron chi connectivity index (χ4n) is 1.49. The Kier molecular flexibility index (Phi) is 4.41. The van der Waals surface area contributed by atoms with Gasteiger partial charge in [0, 0.05) is 5.69 Å². The van der Waals surface area contributed by atoms with Gasteiger partial charge in [0.05, 0.1) is 0 Å². The van der Waals surface area contributed by atoms with Crippen LogP contribution in [-0.2, 0) is 11.3 Å². The van der Waals surface area contributed by atoms with E-state index in [0.717, 1.165) is 5.56 Å². The first-order valence-electron chi connectivity index (χ1n) is 5.06. The molecule has 0 radical (unpaired) electrons. The van der Waals surface area contributed by atoms with Crippen LogP contribution in [0.3, 0.4) is 0 Å². The molecule has 0 atom stereocenters. The Morgan fingerprint density at radius 3 is 2.56 bits per heavy atom. The Labute approximate surface area is 101 Å². The van der Waals surface area contributed by atoms with Crippen molar-refractivity contribution in [1.82, 2.24) is 0 Å². The number of nitrogens with zero attached hydrogens (tertiary/aromatic N) is 1. The van der Waals surface area contributed by atoms with Gasteiger partial charge in [0.15, 0.2) is 0 Å². The number of hydrogen-bond acceptors (Lipinski definition) is 3. The Morgan fingerprint density at radius 1 is 1.33 bits per heavy atom. The number of aryl methyl sites for hydroxylation is 1. The Hall–Kier alpha value is -1.92. The second-order valence-electron chi connectivity index (χ2n) is 3.83. The summed E-state index contributed by atoms with van der Waals surface area (Å²) in [7, 11) is 0. The number of carbonyl (C=O) groups is 1. The molecule has 0 fully saturated rings. The van der Waals surface area contributed by atoms with Crippen molar-refractivity contribution < 1.29 is 18.0 Å². The van der Waals surface area contributed by atoms with E-state index < -0.39 is 18.5 Å². The van der Waals surface area contributed by atoms with Gasteiger partial charge in [-0.3, -0.25) is 4.79 Å². The maximum Gasteiger partial charge on any atom is 0.397 e. The van der Waals surface area contributed by atoms with Crippen molar-refractivity contribution in [1.29, 1.82) is 0 Å². The van der Waals surface area contributed by atoms with E-state index in [1.165, 1.54) is 12.1 Å². The van der Waals surface area contributed by atoms with Gasteiger partial charge in [-0.15, -0.1) is 0 Å². The maximum atomic E-state index is 12.0. The molecule has 0 bridgehead atoms. The molecule has 18 heavy (non-hydrogen) atoms. The highest BCUT2D eigenvalue weighted by Crippen LogP contribution is 2.21. The van der Waals surface area contributed by atoms with Crippen LogP contribution in [0.4, 0.5) is 18.9 Å². The topological polar surface area (TPSA) is 58.5 Å². The number of carbonyl (C=O) groups excluding carboxylic acids is 1. The summed E-state index contributed by atoms with van der Waals surface area (Å²) in [6.07, 6.45) is -6.08. The molecule has 0 heterocycles. The number of nitroso groups, excluding NO2 is 1. The average molecular weight is 260 g/mol. The standard InChI is InChI=1S/C11H11F3N2O2/c1-7-2-8(6-15-18)4-9(3-7)16-10(17)5-11(12,13)14/h2-4H,5-6H2,1H3,(H,16,17). The summed E-state index contributed by atoms with van der Waals surface area (Å²) >= 11 is 0. The van der Waals surface area contributed by atoms with Crippen LogP contribution < -0.4 is 5.32 Å². The van der Waals surface area contributed by atoms with Crippen molar-refractivity contribution in [3.05, 3.63) is 34.2 Å². The van der Waals surface area contributed by atoms with Crippen LogP contribution in [0.25, 0.3) is 0 Å². The number of amides is 1. The third kappa shape index (κ3) is 4.94. The molecular weight excluding hydrogens is 249 g/mol. The third-order valence-corrected chi connectivity index (χ3v) is 2.03. The molecule has 1 aromatic rings. The maximum absolute atomic E-state index is 12.0. The van der Waals surface area contributed by atoms with Gasteiger partial charge in [-0.2, -0.15) is 18.1 Å². The van der Waals surface area contributed by atoms with Gasteiger partial charge >= 0.3 is 6.18 Å². The lowest BCUT2D eigenvalue weighted by Crippen LogP contribution is -2.21. The number of hydrogen-bond donors (Lipinski definition) is 1. The largest absolute Gasteiger partial charge is 0.397 e.